The van der Waals surface area contributed by atoms with Gasteiger partial charge in [0, 0.05) is 26.2 Å². The van der Waals surface area contributed by atoms with Crippen molar-refractivity contribution in [3.05, 3.63) is 0 Å². The van der Waals surface area contributed by atoms with Crippen LogP contribution in [0.1, 0.15) is 13.8 Å². The fourth-order valence-electron chi connectivity index (χ4n) is 1.66. The Kier molecular flexibility index (Phi) is 9.58. The van der Waals surface area contributed by atoms with Crippen LogP contribution < -0.4 is 9.44 Å². The summed E-state index contributed by atoms with van der Waals surface area (Å²) in [5.41, 5.74) is -5.84. The summed E-state index contributed by atoms with van der Waals surface area (Å²) >= 11 is 0. The molecule has 0 radical (unpaired) electrons. The Morgan fingerprint density at radius 3 is 1.66 bits per heavy atom. The van der Waals surface area contributed by atoms with Gasteiger partial charge in [-0.3, -0.25) is 0 Å². The van der Waals surface area contributed by atoms with Crippen LogP contribution in [0.4, 0.5) is 39.5 Å². The lowest BCUT2D eigenvalue weighted by Crippen LogP contribution is -2.64. The molecule has 7 nitrogen and oxygen atoms in total. The predicted molar refractivity (Wildman–Crippen MR) is 85.0 cm³/mol. The quantitative estimate of drug-likeness (QED) is 0.508. The lowest BCUT2D eigenvalue weighted by molar-refractivity contribution is -0.243. The summed E-state index contributed by atoms with van der Waals surface area (Å²) in [6.45, 7) is 1.91. The molecule has 0 aromatic rings. The van der Waals surface area contributed by atoms with E-state index in [0.717, 1.165) is 0 Å². The van der Waals surface area contributed by atoms with Crippen molar-refractivity contribution in [1.29, 1.82) is 0 Å². The van der Waals surface area contributed by atoms with E-state index in [2.05, 4.69) is 5.32 Å². The summed E-state index contributed by atoms with van der Waals surface area (Å²) in [4.78, 5) is 0. The van der Waals surface area contributed by atoms with Crippen LogP contribution in [0.2, 0.25) is 0 Å². The van der Waals surface area contributed by atoms with Gasteiger partial charge in [-0.05, 0) is 0 Å². The average molecular weight is 509 g/mol. The Balaban J connectivity index is 0.00000379. The lowest BCUT2D eigenvalue weighted by Gasteiger charge is -2.35. The van der Waals surface area contributed by atoms with Gasteiger partial charge in [-0.15, -0.1) is 4.13 Å². The third-order valence-corrected chi connectivity index (χ3v) is 7.37. The van der Waals surface area contributed by atoms with Crippen molar-refractivity contribution in [3.8, 4) is 0 Å². The minimum Gasteiger partial charge on any atom is -0.314 e. The molecule has 1 fully saturated rings. The zero-order valence-electron chi connectivity index (χ0n) is 14.5. The minimum absolute atomic E-state index is 0.00694. The number of nitrogens with zero attached hydrogens (tertiary/aromatic N) is 1. The zero-order chi connectivity index (χ0) is 23.5. The highest BCUT2D eigenvalue weighted by Gasteiger charge is 2.80. The van der Waals surface area contributed by atoms with E-state index in [1.807, 2.05) is 13.8 Å². The summed E-state index contributed by atoms with van der Waals surface area (Å²) in [5, 5.41) is -10.6. The van der Waals surface area contributed by atoms with E-state index in [1.54, 1.807) is 0 Å². The minimum atomic E-state index is -6.92. The van der Waals surface area contributed by atoms with Gasteiger partial charge in [0.25, 0.3) is 10.0 Å². The van der Waals surface area contributed by atoms with Gasteiger partial charge >= 0.3 is 21.9 Å². The Morgan fingerprint density at radius 1 is 0.862 bits per heavy atom. The molecule has 0 saturated carbocycles. The Hall–Kier alpha value is -0.500. The maximum atomic E-state index is 13.9. The second-order valence-corrected chi connectivity index (χ2v) is 9.53. The van der Waals surface area contributed by atoms with Crippen LogP contribution in [0.15, 0.2) is 0 Å². The van der Waals surface area contributed by atoms with Crippen molar-refractivity contribution in [2.24, 2.45) is 0 Å². The van der Waals surface area contributed by atoms with E-state index in [9.17, 15) is 56.3 Å². The summed E-state index contributed by atoms with van der Waals surface area (Å²) in [7, 11) is -16.0. The first-order valence-corrected chi connectivity index (χ1v) is 11.1. The molecule has 0 aromatic carbocycles. The van der Waals surface area contributed by atoms with Gasteiger partial charge in [-0.2, -0.15) is 43.8 Å². The van der Waals surface area contributed by atoms with E-state index in [0.29, 0.717) is 0 Å². The van der Waals surface area contributed by atoms with E-state index < -0.39 is 67.0 Å². The smallest absolute Gasteiger partial charge is 0.314 e. The van der Waals surface area contributed by atoms with E-state index >= 15 is 0 Å². The van der Waals surface area contributed by atoms with Crippen molar-refractivity contribution >= 4 is 32.0 Å². The fraction of sp³-hybridized carbons (Fsp3) is 1.00. The van der Waals surface area contributed by atoms with Crippen LogP contribution >= 0.6 is 0 Å². The van der Waals surface area contributed by atoms with Crippen LogP contribution in [0.3, 0.4) is 0 Å². The largest absolute Gasteiger partial charge is 0.486 e. The molecule has 1 heterocycles. The first kappa shape index (κ1) is 28.5. The predicted octanol–water partition coefficient (Wildman–Crippen LogP) is 1.51. The molecule has 0 amide bonds. The number of nitrogens with one attached hydrogen (secondary N) is 2. The van der Waals surface area contributed by atoms with Crippen molar-refractivity contribution in [2.75, 3.05) is 26.2 Å². The van der Waals surface area contributed by atoms with Crippen molar-refractivity contribution in [1.82, 2.24) is 13.7 Å². The van der Waals surface area contributed by atoms with Gasteiger partial charge < -0.3 is 5.32 Å². The van der Waals surface area contributed by atoms with Gasteiger partial charge in [0.05, 0.1) is 0 Å². The number of sulfonamides is 1. The molecule has 29 heavy (non-hydrogen) atoms. The molecule has 1 rings (SSSR count). The van der Waals surface area contributed by atoms with Crippen molar-refractivity contribution in [3.63, 3.8) is 0 Å². The molecular weight excluding hydrogens is 493 g/mol. The Morgan fingerprint density at radius 2 is 1.28 bits per heavy atom. The molecule has 0 spiro atoms. The van der Waals surface area contributed by atoms with E-state index in [1.165, 1.54) is 0 Å². The number of rotatable bonds is 7. The Labute approximate surface area is 164 Å². The summed E-state index contributed by atoms with van der Waals surface area (Å²) in [6, 6.07) is 0. The summed E-state index contributed by atoms with van der Waals surface area (Å²) in [6.07, 6.45) is 0. The van der Waals surface area contributed by atoms with E-state index in [4.69, 9.17) is 0 Å². The molecule has 2 unspecified atom stereocenters. The van der Waals surface area contributed by atoms with Crippen molar-refractivity contribution in [2.45, 2.75) is 35.8 Å². The second kappa shape index (κ2) is 9.75. The molecule has 0 aliphatic carbocycles. The zero-order valence-corrected chi connectivity index (χ0v) is 17.0. The SMILES string of the molecule is CC.O=S(NS(=O)C(F)(F)C(F)(F)C(F)(F)S(=O)(=O)N1CCNCC1)C(F)(F)F. The average Bonchev–Trinajstić information content (AvgIpc) is 2.62. The number of alkyl halides is 9. The van der Waals surface area contributed by atoms with Crippen LogP contribution in [0.5, 0.6) is 0 Å². The summed E-state index contributed by atoms with van der Waals surface area (Å²) in [5.74, 6) is -6.92. The lowest BCUT2D eigenvalue weighted by atomic mass is 10.3. The molecule has 0 bridgehead atoms. The molecule has 1 saturated heterocycles. The standard InChI is InChI=1S/C8H10F9N3O4S3.C2H6/c9-5(10,6(11,12)25(21)19-26(22)8(15,16)17)7(13,14)27(23,24)20-3-1-18-2-4-20;1-2/h18-19H,1-4H2;1-2H3. The molecule has 19 heteroatoms. The molecule has 2 N–H and O–H groups in total. The van der Waals surface area contributed by atoms with E-state index in [-0.39, 0.29) is 21.5 Å². The topological polar surface area (TPSA) is 95.6 Å². The molecule has 1 aliphatic rings. The van der Waals surface area contributed by atoms with Gasteiger partial charge in [0.15, 0.2) is 11.0 Å². The first-order valence-electron chi connectivity index (χ1n) is 7.41. The highest BCUT2D eigenvalue weighted by atomic mass is 32.3. The number of piperazine rings is 1. The maximum absolute atomic E-state index is 13.9. The maximum Gasteiger partial charge on any atom is 0.486 e. The molecule has 2 atom stereocenters. The normalized spacial score (nSPS) is 19.8. The van der Waals surface area contributed by atoms with Crippen LogP contribution in [-0.4, -0.2) is 69.3 Å². The van der Waals surface area contributed by atoms with Crippen LogP contribution in [-0.2, 0) is 32.0 Å². The first-order chi connectivity index (χ1) is 12.9. The fourth-order valence-corrected chi connectivity index (χ4v) is 4.87. The monoisotopic (exact) mass is 509 g/mol. The van der Waals surface area contributed by atoms with Crippen LogP contribution in [0, 0.1) is 0 Å². The number of hydrogen-bond donors (Lipinski definition) is 2. The number of hydrogen-bond acceptors (Lipinski definition) is 5. The van der Waals surface area contributed by atoms with Gasteiger partial charge in [0.1, 0.15) is 0 Å². The van der Waals surface area contributed by atoms with Gasteiger partial charge in [0.2, 0.25) is 11.0 Å². The molecule has 0 aromatic heterocycles. The highest BCUT2D eigenvalue weighted by molar-refractivity contribution is 7.99. The molecular formula is C10H16F9N3O4S3. The van der Waals surface area contributed by atoms with Crippen LogP contribution in [0.25, 0.3) is 0 Å². The second-order valence-electron chi connectivity index (χ2n) is 4.83. The van der Waals surface area contributed by atoms with Gasteiger partial charge in [-0.25, -0.2) is 16.8 Å². The summed E-state index contributed by atoms with van der Waals surface area (Å²) < 4.78 is 163. The Bertz CT molecular complexity index is 709. The number of halogens is 9. The molecule has 1 aliphatic heterocycles. The van der Waals surface area contributed by atoms with Crippen molar-refractivity contribution < 1.29 is 56.3 Å². The third kappa shape index (κ3) is 5.60. The highest BCUT2D eigenvalue weighted by Crippen LogP contribution is 2.50. The van der Waals surface area contributed by atoms with Gasteiger partial charge in [-0.1, -0.05) is 13.8 Å². The third-order valence-electron chi connectivity index (χ3n) is 3.07. The molecule has 176 valence electrons.